The summed E-state index contributed by atoms with van der Waals surface area (Å²) in [5, 5.41) is -4.53. The van der Waals surface area contributed by atoms with Gasteiger partial charge in [0.05, 0.1) is 6.61 Å². The van der Waals surface area contributed by atoms with Gasteiger partial charge in [0.2, 0.25) is 0 Å². The number of carbonyl (C=O) groups is 1. The largest absolute Gasteiger partial charge is 0.451 e. The van der Waals surface area contributed by atoms with E-state index in [4.69, 9.17) is 14.0 Å². The SMILES string of the molecule is C=S(=O)(O)C(F)(F)C(=O)OC1(COC)C2CC3CC(C2)CC1C3. The molecule has 0 aromatic heterocycles. The first-order chi connectivity index (χ1) is 10.6. The molecular formula is C15H22F2O5S. The smallest absolute Gasteiger partial charge is 0.429 e. The summed E-state index contributed by atoms with van der Waals surface area (Å²) in [4.78, 5) is 12.0. The fourth-order valence-corrected chi connectivity index (χ4v) is 5.30. The molecule has 1 unspecified atom stereocenters. The van der Waals surface area contributed by atoms with E-state index in [-0.39, 0.29) is 18.4 Å². The van der Waals surface area contributed by atoms with Crippen LogP contribution in [0.4, 0.5) is 8.78 Å². The molecule has 0 radical (unpaired) electrons. The quantitative estimate of drug-likeness (QED) is 0.606. The van der Waals surface area contributed by atoms with Crippen molar-refractivity contribution in [2.75, 3.05) is 13.7 Å². The Labute approximate surface area is 134 Å². The molecule has 1 atom stereocenters. The van der Waals surface area contributed by atoms with Gasteiger partial charge in [-0.05, 0) is 49.8 Å². The first kappa shape index (κ1) is 17.1. The number of methoxy groups -OCH3 is 1. The fourth-order valence-electron chi connectivity index (χ4n) is 5.00. The number of carbonyl (C=O) groups excluding carboxylic acids is 1. The second-order valence-electron chi connectivity index (χ2n) is 7.24. The van der Waals surface area contributed by atoms with Crippen LogP contribution in [0.2, 0.25) is 0 Å². The minimum atomic E-state index is -4.87. The zero-order chi connectivity index (χ0) is 17.0. The molecule has 132 valence electrons. The molecule has 0 spiro atoms. The summed E-state index contributed by atoms with van der Waals surface area (Å²) in [5.41, 5.74) is -1.12. The molecule has 8 heteroatoms. The number of hydrogen-bond acceptors (Lipinski definition) is 4. The van der Waals surface area contributed by atoms with Gasteiger partial charge in [-0.1, -0.05) is 0 Å². The molecule has 0 heterocycles. The van der Waals surface area contributed by atoms with Crippen LogP contribution in [0.1, 0.15) is 32.1 Å². The van der Waals surface area contributed by atoms with Gasteiger partial charge in [0.15, 0.2) is 9.80 Å². The molecule has 4 rings (SSSR count). The average Bonchev–Trinajstić information content (AvgIpc) is 2.42. The second-order valence-corrected chi connectivity index (χ2v) is 9.03. The van der Waals surface area contributed by atoms with Gasteiger partial charge in [-0.2, -0.15) is 8.78 Å². The van der Waals surface area contributed by atoms with E-state index in [9.17, 15) is 17.8 Å². The Morgan fingerprint density at radius 2 is 1.74 bits per heavy atom. The summed E-state index contributed by atoms with van der Waals surface area (Å²) in [6.45, 7) is 0.0351. The molecule has 4 aliphatic rings. The summed E-state index contributed by atoms with van der Waals surface area (Å²) >= 11 is 0. The normalized spacial score (nSPS) is 41.6. The number of ether oxygens (including phenoxy) is 2. The molecule has 4 aliphatic carbocycles. The highest BCUT2D eigenvalue weighted by molar-refractivity contribution is 7.96. The zero-order valence-electron chi connectivity index (χ0n) is 13.0. The molecule has 4 bridgehead atoms. The van der Waals surface area contributed by atoms with Gasteiger partial charge in [-0.3, -0.25) is 0 Å². The van der Waals surface area contributed by atoms with Crippen molar-refractivity contribution >= 4 is 21.6 Å². The third kappa shape index (κ3) is 2.59. The summed E-state index contributed by atoms with van der Waals surface area (Å²) in [7, 11) is -3.43. The van der Waals surface area contributed by atoms with Gasteiger partial charge < -0.3 is 14.0 Å². The van der Waals surface area contributed by atoms with Crippen molar-refractivity contribution < 1.29 is 31.8 Å². The van der Waals surface area contributed by atoms with E-state index >= 15 is 0 Å². The summed E-state index contributed by atoms with van der Waals surface area (Å²) in [6.07, 6.45) is 4.47. The lowest BCUT2D eigenvalue weighted by molar-refractivity contribution is -0.233. The molecule has 5 nitrogen and oxygen atoms in total. The van der Waals surface area contributed by atoms with E-state index in [1.54, 1.807) is 0 Å². The van der Waals surface area contributed by atoms with Gasteiger partial charge in [0, 0.05) is 18.9 Å². The van der Waals surface area contributed by atoms with E-state index in [1.165, 1.54) is 7.11 Å². The first-order valence-corrected chi connectivity index (χ1v) is 9.48. The minimum Gasteiger partial charge on any atom is -0.451 e. The molecule has 4 saturated carbocycles. The lowest BCUT2D eigenvalue weighted by atomic mass is 9.50. The topological polar surface area (TPSA) is 72.8 Å². The maximum absolute atomic E-state index is 13.8. The zero-order valence-corrected chi connectivity index (χ0v) is 13.8. The first-order valence-electron chi connectivity index (χ1n) is 7.79. The number of alkyl halides is 2. The van der Waals surface area contributed by atoms with Crippen LogP contribution >= 0.6 is 0 Å². The van der Waals surface area contributed by atoms with Crippen LogP contribution in [-0.2, 0) is 24.1 Å². The van der Waals surface area contributed by atoms with Crippen molar-refractivity contribution in [3.05, 3.63) is 0 Å². The van der Waals surface area contributed by atoms with Crippen LogP contribution in [0.25, 0.3) is 0 Å². The monoisotopic (exact) mass is 352 g/mol. The summed E-state index contributed by atoms with van der Waals surface area (Å²) in [5.74, 6) is 1.60. The lowest BCUT2D eigenvalue weighted by Gasteiger charge is -2.59. The van der Waals surface area contributed by atoms with Crippen molar-refractivity contribution in [3.63, 3.8) is 0 Å². The highest BCUT2D eigenvalue weighted by Crippen LogP contribution is 2.60. The standard InChI is InChI=1S/C15H22F2O5S/c1-21-8-14(22-13(18)15(16,17)23(2,19)20)11-4-9-3-10(6-11)7-12(14)5-9/h9-12H,2-8H2,1H3,(H,19,20). The molecule has 1 N–H and O–H groups in total. The van der Waals surface area contributed by atoms with Crippen LogP contribution in [0.3, 0.4) is 0 Å². The molecule has 0 aromatic rings. The number of hydrogen-bond donors (Lipinski definition) is 1. The van der Waals surface area contributed by atoms with Crippen molar-refractivity contribution in [2.24, 2.45) is 23.7 Å². The van der Waals surface area contributed by atoms with Crippen LogP contribution < -0.4 is 0 Å². The van der Waals surface area contributed by atoms with Crippen LogP contribution in [0, 0.1) is 23.7 Å². The highest BCUT2D eigenvalue weighted by Gasteiger charge is 2.62. The lowest BCUT2D eigenvalue weighted by Crippen LogP contribution is -2.63. The Balaban J connectivity index is 1.89. The van der Waals surface area contributed by atoms with E-state index in [0.717, 1.165) is 32.1 Å². The second kappa shape index (κ2) is 5.39. The van der Waals surface area contributed by atoms with Crippen molar-refractivity contribution in [1.82, 2.24) is 0 Å². The minimum absolute atomic E-state index is 0.0296. The van der Waals surface area contributed by atoms with Crippen LogP contribution in [0.15, 0.2) is 0 Å². The van der Waals surface area contributed by atoms with Gasteiger partial charge in [0.1, 0.15) is 5.60 Å². The Hall–Kier alpha value is -0.730. The molecular weight excluding hydrogens is 330 g/mol. The highest BCUT2D eigenvalue weighted by atomic mass is 32.2. The Morgan fingerprint density at radius 1 is 1.26 bits per heavy atom. The van der Waals surface area contributed by atoms with Crippen molar-refractivity contribution in [1.29, 1.82) is 0 Å². The van der Waals surface area contributed by atoms with Gasteiger partial charge >= 0.3 is 11.2 Å². The summed E-state index contributed by atoms with van der Waals surface area (Å²) in [6, 6.07) is 0. The molecule has 0 aliphatic heterocycles. The predicted octanol–water partition coefficient (Wildman–Crippen LogP) is 2.15. The maximum atomic E-state index is 13.8. The molecule has 0 aromatic carbocycles. The number of halogens is 2. The molecule has 23 heavy (non-hydrogen) atoms. The number of rotatable bonds is 5. The van der Waals surface area contributed by atoms with Gasteiger partial charge in [-0.15, -0.1) is 0 Å². The third-order valence-electron chi connectivity index (χ3n) is 5.81. The Bertz CT molecular complexity index is 573. The average molecular weight is 352 g/mol. The Morgan fingerprint density at radius 3 is 2.13 bits per heavy atom. The summed E-state index contributed by atoms with van der Waals surface area (Å²) < 4.78 is 58.4. The van der Waals surface area contributed by atoms with Gasteiger partial charge in [-0.25, -0.2) is 9.00 Å². The number of esters is 1. The molecule has 0 amide bonds. The van der Waals surface area contributed by atoms with E-state index in [1.807, 2.05) is 0 Å². The molecule has 0 saturated heterocycles. The maximum Gasteiger partial charge on any atom is 0.429 e. The third-order valence-corrected chi connectivity index (χ3v) is 6.78. The predicted molar refractivity (Wildman–Crippen MR) is 80.6 cm³/mol. The molecule has 4 fully saturated rings. The Kier molecular flexibility index (Phi) is 4.01. The van der Waals surface area contributed by atoms with Crippen LogP contribution in [-0.4, -0.2) is 45.2 Å². The van der Waals surface area contributed by atoms with E-state index < -0.39 is 26.6 Å². The van der Waals surface area contributed by atoms with Crippen LogP contribution in [0.5, 0.6) is 0 Å². The fraction of sp³-hybridized carbons (Fsp3) is 0.867. The van der Waals surface area contributed by atoms with Gasteiger partial charge in [0.25, 0.3) is 0 Å². The van der Waals surface area contributed by atoms with E-state index in [2.05, 4.69) is 5.87 Å². The van der Waals surface area contributed by atoms with E-state index in [0.29, 0.717) is 11.8 Å². The van der Waals surface area contributed by atoms with Crippen molar-refractivity contribution in [3.8, 4) is 0 Å². The van der Waals surface area contributed by atoms with Crippen molar-refractivity contribution in [2.45, 2.75) is 43.0 Å².